The van der Waals surface area contributed by atoms with Crippen LogP contribution in [0.4, 0.5) is 5.69 Å². The molecule has 3 aromatic carbocycles. The summed E-state index contributed by atoms with van der Waals surface area (Å²) in [7, 11) is -2.63. The van der Waals surface area contributed by atoms with Crippen molar-refractivity contribution in [3.05, 3.63) is 95.5 Å². The molecule has 35 heavy (non-hydrogen) atoms. The first-order valence-electron chi connectivity index (χ1n) is 11.2. The molecule has 1 N–H and O–H groups in total. The average Bonchev–Trinajstić information content (AvgIpc) is 2.88. The fourth-order valence-electron chi connectivity index (χ4n) is 3.75. The first-order valence-corrected chi connectivity index (χ1v) is 13.0. The minimum absolute atomic E-state index is 0.0284. The maximum Gasteiger partial charge on any atom is 0.264 e. The van der Waals surface area contributed by atoms with Crippen molar-refractivity contribution in [1.29, 1.82) is 0 Å². The summed E-state index contributed by atoms with van der Waals surface area (Å²) in [6, 6.07) is 22.8. The third-order valence-corrected chi connectivity index (χ3v) is 7.65. The molecule has 0 saturated heterocycles. The van der Waals surface area contributed by atoms with Crippen LogP contribution in [0.5, 0.6) is 0 Å². The molecule has 0 radical (unpaired) electrons. The lowest BCUT2D eigenvalue weighted by atomic mass is 10.1. The topological polar surface area (TPSA) is 86.8 Å². The third kappa shape index (κ3) is 6.21. The van der Waals surface area contributed by atoms with Gasteiger partial charge in [0.2, 0.25) is 11.8 Å². The molecule has 0 aliphatic carbocycles. The van der Waals surface area contributed by atoms with E-state index in [4.69, 9.17) is 11.6 Å². The quantitative estimate of drug-likeness (QED) is 0.442. The molecule has 1 atom stereocenters. The molecule has 0 aliphatic rings. The van der Waals surface area contributed by atoms with E-state index in [9.17, 15) is 18.0 Å². The van der Waals surface area contributed by atoms with Gasteiger partial charge in [0.1, 0.15) is 12.6 Å². The zero-order chi connectivity index (χ0) is 25.4. The maximum absolute atomic E-state index is 13.7. The van der Waals surface area contributed by atoms with Gasteiger partial charge in [-0.1, -0.05) is 79.2 Å². The fraction of sp³-hybridized carbons (Fsp3) is 0.231. The summed E-state index contributed by atoms with van der Waals surface area (Å²) in [4.78, 5) is 27.8. The van der Waals surface area contributed by atoms with Crippen molar-refractivity contribution in [2.24, 2.45) is 0 Å². The Balaban J connectivity index is 2.05. The molecule has 2 amide bonds. The number of para-hydroxylation sites is 1. The van der Waals surface area contributed by atoms with Gasteiger partial charge in [0, 0.05) is 13.6 Å². The second-order valence-corrected chi connectivity index (χ2v) is 10.1. The summed E-state index contributed by atoms with van der Waals surface area (Å²) >= 11 is 6.37. The van der Waals surface area contributed by atoms with Crippen LogP contribution in [0, 0.1) is 0 Å². The predicted molar refractivity (Wildman–Crippen MR) is 138 cm³/mol. The summed E-state index contributed by atoms with van der Waals surface area (Å²) in [6.07, 6.45) is 0.357. The van der Waals surface area contributed by atoms with E-state index in [1.165, 1.54) is 24.1 Å². The van der Waals surface area contributed by atoms with Crippen molar-refractivity contribution in [1.82, 2.24) is 10.2 Å². The van der Waals surface area contributed by atoms with Crippen molar-refractivity contribution >= 4 is 39.1 Å². The van der Waals surface area contributed by atoms with Crippen LogP contribution in [0.1, 0.15) is 18.9 Å². The molecule has 0 fully saturated rings. The number of carbonyl (C=O) groups excluding carboxylic acids is 2. The van der Waals surface area contributed by atoms with Gasteiger partial charge in [-0.05, 0) is 36.2 Å². The Kier molecular flexibility index (Phi) is 8.89. The van der Waals surface area contributed by atoms with E-state index in [2.05, 4.69) is 5.32 Å². The third-order valence-electron chi connectivity index (χ3n) is 5.56. The van der Waals surface area contributed by atoms with Gasteiger partial charge < -0.3 is 10.2 Å². The molecule has 0 aliphatic heterocycles. The van der Waals surface area contributed by atoms with Crippen LogP contribution >= 0.6 is 11.6 Å². The number of hydrogen-bond acceptors (Lipinski definition) is 4. The van der Waals surface area contributed by atoms with E-state index in [0.717, 1.165) is 9.87 Å². The highest BCUT2D eigenvalue weighted by molar-refractivity contribution is 7.92. The lowest BCUT2D eigenvalue weighted by Gasteiger charge is -2.33. The largest absolute Gasteiger partial charge is 0.357 e. The van der Waals surface area contributed by atoms with Gasteiger partial charge in [0.25, 0.3) is 10.0 Å². The molecule has 0 saturated carbocycles. The maximum atomic E-state index is 13.7. The Labute approximate surface area is 211 Å². The molecule has 7 nitrogen and oxygen atoms in total. The van der Waals surface area contributed by atoms with Crippen molar-refractivity contribution < 1.29 is 18.0 Å². The van der Waals surface area contributed by atoms with E-state index >= 15 is 0 Å². The summed E-state index contributed by atoms with van der Waals surface area (Å²) in [5.74, 6) is -0.851. The first-order chi connectivity index (χ1) is 16.8. The van der Waals surface area contributed by atoms with E-state index in [0.29, 0.717) is 6.42 Å². The van der Waals surface area contributed by atoms with Crippen molar-refractivity contribution in [2.75, 3.05) is 17.9 Å². The lowest BCUT2D eigenvalue weighted by Crippen LogP contribution is -2.51. The highest BCUT2D eigenvalue weighted by Gasteiger charge is 2.33. The molecular formula is C26H28ClN3O4S. The number of carbonyl (C=O) groups is 2. The number of nitrogens with one attached hydrogen (secondary N) is 1. The molecule has 3 rings (SSSR count). The lowest BCUT2D eigenvalue weighted by molar-refractivity contribution is -0.140. The highest BCUT2D eigenvalue weighted by atomic mass is 35.5. The SMILES string of the molecule is CC[C@@H](C(=O)NC)N(Cc1ccccc1)C(=O)CN(c1ccccc1Cl)S(=O)(=O)c1ccccc1. The highest BCUT2D eigenvalue weighted by Crippen LogP contribution is 2.30. The van der Waals surface area contributed by atoms with Crippen LogP contribution in [0.3, 0.4) is 0 Å². The summed E-state index contributed by atoms with van der Waals surface area (Å²) < 4.78 is 28.3. The normalized spacial score (nSPS) is 12.0. The predicted octanol–water partition coefficient (Wildman–Crippen LogP) is 4.09. The molecule has 3 aromatic rings. The number of halogens is 1. The van der Waals surface area contributed by atoms with Crippen molar-refractivity contribution in [2.45, 2.75) is 30.8 Å². The second kappa shape index (κ2) is 11.9. The minimum atomic E-state index is -4.14. The van der Waals surface area contributed by atoms with Gasteiger partial charge >= 0.3 is 0 Å². The Bertz CT molecular complexity index is 1250. The van der Waals surface area contributed by atoms with Crippen LogP contribution in [0.15, 0.2) is 89.8 Å². The van der Waals surface area contributed by atoms with Gasteiger partial charge in [-0.25, -0.2) is 8.42 Å². The molecule has 0 unspecified atom stereocenters. The van der Waals surface area contributed by atoms with E-state index in [-0.39, 0.29) is 28.1 Å². The van der Waals surface area contributed by atoms with E-state index in [1.54, 1.807) is 49.4 Å². The molecule has 184 valence electrons. The number of anilines is 1. The van der Waals surface area contributed by atoms with Gasteiger partial charge in [0.15, 0.2) is 0 Å². The minimum Gasteiger partial charge on any atom is -0.357 e. The number of likely N-dealkylation sites (N-methyl/N-ethyl adjacent to an activating group) is 1. The number of amides is 2. The Morgan fingerprint density at radius 1 is 0.914 bits per heavy atom. The zero-order valence-corrected chi connectivity index (χ0v) is 21.2. The molecule has 0 spiro atoms. The molecule has 9 heteroatoms. The molecule has 0 aromatic heterocycles. The van der Waals surface area contributed by atoms with Crippen LogP contribution < -0.4 is 9.62 Å². The van der Waals surface area contributed by atoms with Crippen LogP contribution in [-0.2, 0) is 26.2 Å². The first kappa shape index (κ1) is 26.2. The van der Waals surface area contributed by atoms with Gasteiger partial charge in [-0.15, -0.1) is 0 Å². The second-order valence-electron chi connectivity index (χ2n) is 7.82. The molecular weight excluding hydrogens is 486 g/mol. The van der Waals surface area contributed by atoms with Crippen molar-refractivity contribution in [3.63, 3.8) is 0 Å². The summed E-state index contributed by atoms with van der Waals surface area (Å²) in [6.45, 7) is 1.42. The van der Waals surface area contributed by atoms with Crippen LogP contribution in [-0.4, -0.2) is 44.8 Å². The van der Waals surface area contributed by atoms with Crippen LogP contribution in [0.25, 0.3) is 0 Å². The number of benzene rings is 3. The monoisotopic (exact) mass is 513 g/mol. The van der Waals surface area contributed by atoms with Gasteiger partial charge in [-0.3, -0.25) is 13.9 Å². The number of sulfonamides is 1. The smallest absolute Gasteiger partial charge is 0.264 e. The Hall–Kier alpha value is -3.36. The van der Waals surface area contributed by atoms with E-state index in [1.807, 2.05) is 30.3 Å². The standard InChI is InChI=1S/C26H28ClN3O4S/c1-3-23(26(32)28-2)29(18-20-12-6-4-7-13-20)25(31)19-30(24-17-11-10-16-22(24)27)35(33,34)21-14-8-5-9-15-21/h4-17,23H,3,18-19H2,1-2H3,(H,28,32)/t23-/m0/s1. The Morgan fingerprint density at radius 3 is 2.06 bits per heavy atom. The number of nitrogens with zero attached hydrogens (tertiary/aromatic N) is 2. The van der Waals surface area contributed by atoms with Gasteiger partial charge in [-0.2, -0.15) is 0 Å². The molecule has 0 heterocycles. The number of rotatable bonds is 10. The van der Waals surface area contributed by atoms with E-state index < -0.39 is 28.5 Å². The van der Waals surface area contributed by atoms with Gasteiger partial charge in [0.05, 0.1) is 15.6 Å². The number of hydrogen-bond donors (Lipinski definition) is 1. The molecule has 0 bridgehead atoms. The van der Waals surface area contributed by atoms with Crippen molar-refractivity contribution in [3.8, 4) is 0 Å². The average molecular weight is 514 g/mol. The summed E-state index contributed by atoms with van der Waals surface area (Å²) in [5, 5.41) is 2.79. The zero-order valence-electron chi connectivity index (χ0n) is 19.6. The Morgan fingerprint density at radius 2 is 1.49 bits per heavy atom. The summed E-state index contributed by atoms with van der Waals surface area (Å²) in [5.41, 5.74) is 0.998. The van der Waals surface area contributed by atoms with Crippen LogP contribution in [0.2, 0.25) is 5.02 Å². The fourth-order valence-corrected chi connectivity index (χ4v) is 5.50.